The molecule has 0 bridgehead atoms. The number of phenolic OH excluding ortho intramolecular Hbond substituents is 2. The van der Waals surface area contributed by atoms with Crippen molar-refractivity contribution in [1.29, 1.82) is 0 Å². The molecule has 6 aromatic rings. The molecule has 252 valence electrons. The van der Waals surface area contributed by atoms with Crippen molar-refractivity contribution in [3.8, 4) is 11.5 Å². The number of aryl methyl sites for hydroxylation is 4. The van der Waals surface area contributed by atoms with E-state index in [0.29, 0.717) is 22.5 Å². The highest BCUT2D eigenvalue weighted by Gasteiger charge is 2.41. The van der Waals surface area contributed by atoms with Gasteiger partial charge < -0.3 is 30.2 Å². The Morgan fingerprint density at radius 3 is 0.860 bits per heavy atom. The van der Waals surface area contributed by atoms with Gasteiger partial charge in [0.15, 0.2) is 0 Å². The second-order valence-electron chi connectivity index (χ2n) is 13.5. The second-order valence-corrected chi connectivity index (χ2v) is 13.5. The van der Waals surface area contributed by atoms with Gasteiger partial charge in [0.2, 0.25) is 0 Å². The maximum atomic E-state index is 13.8. The molecule has 1 saturated carbocycles. The SMILES string of the molecule is Cc1ccc(N(c2ccc(C)cc2)c2ccc(C3C([O-])C(c4ccc(N(c5ccc(C)cc5)c5ccc(C)cc5)cc4O)C3[O-])c(O)c2)cc1. The Kier molecular flexibility index (Phi) is 8.83. The van der Waals surface area contributed by atoms with Crippen LogP contribution < -0.4 is 20.0 Å². The molecule has 0 amide bonds. The van der Waals surface area contributed by atoms with E-state index >= 15 is 0 Å². The van der Waals surface area contributed by atoms with Gasteiger partial charge in [-0.15, -0.1) is 12.2 Å². The minimum Gasteiger partial charge on any atom is -0.851 e. The Morgan fingerprint density at radius 1 is 0.380 bits per heavy atom. The number of phenols is 2. The van der Waals surface area contributed by atoms with E-state index in [-0.39, 0.29) is 11.5 Å². The first-order valence-electron chi connectivity index (χ1n) is 16.9. The fourth-order valence-corrected chi connectivity index (χ4v) is 6.96. The zero-order valence-corrected chi connectivity index (χ0v) is 28.6. The van der Waals surface area contributed by atoms with Crippen LogP contribution in [0.2, 0.25) is 0 Å². The van der Waals surface area contributed by atoms with Gasteiger partial charge in [0.25, 0.3) is 0 Å². The highest BCUT2D eigenvalue weighted by Crippen LogP contribution is 2.51. The summed E-state index contributed by atoms with van der Waals surface area (Å²) in [6.45, 7) is 8.13. The van der Waals surface area contributed by atoms with Crippen molar-refractivity contribution in [2.45, 2.75) is 51.7 Å². The van der Waals surface area contributed by atoms with Crippen LogP contribution in [0.25, 0.3) is 0 Å². The fourth-order valence-electron chi connectivity index (χ4n) is 6.96. The quantitative estimate of drug-likeness (QED) is 0.170. The van der Waals surface area contributed by atoms with Gasteiger partial charge >= 0.3 is 0 Å². The Morgan fingerprint density at radius 2 is 0.620 bits per heavy atom. The first-order chi connectivity index (χ1) is 24.1. The van der Waals surface area contributed by atoms with Gasteiger partial charge in [0.05, 0.1) is 0 Å². The molecule has 0 unspecified atom stereocenters. The number of hydrogen-bond donors (Lipinski definition) is 2. The number of rotatable bonds is 8. The summed E-state index contributed by atoms with van der Waals surface area (Å²) < 4.78 is 0. The van der Waals surface area contributed by atoms with Gasteiger partial charge in [-0.2, -0.15) is 0 Å². The Bertz CT molecular complexity index is 1860. The first kappa shape index (κ1) is 33.0. The Labute approximate surface area is 293 Å². The van der Waals surface area contributed by atoms with Gasteiger partial charge in [0.1, 0.15) is 11.5 Å². The molecule has 0 heterocycles. The zero-order chi connectivity index (χ0) is 35.1. The van der Waals surface area contributed by atoms with Crippen molar-refractivity contribution >= 4 is 34.1 Å². The van der Waals surface area contributed by atoms with Gasteiger partial charge in [-0.25, -0.2) is 0 Å². The zero-order valence-electron chi connectivity index (χ0n) is 28.6. The van der Waals surface area contributed by atoms with Crippen LogP contribution in [0.4, 0.5) is 34.1 Å². The highest BCUT2D eigenvalue weighted by molar-refractivity contribution is 5.79. The van der Waals surface area contributed by atoms with Crippen LogP contribution in [0.15, 0.2) is 133 Å². The smallest absolute Gasteiger partial charge is 0.121 e. The van der Waals surface area contributed by atoms with Crippen molar-refractivity contribution < 1.29 is 20.4 Å². The first-order valence-corrected chi connectivity index (χ1v) is 16.9. The average Bonchev–Trinajstić information content (AvgIpc) is 3.10. The average molecular weight is 661 g/mol. The third-order valence-electron chi connectivity index (χ3n) is 9.85. The predicted octanol–water partition coefficient (Wildman–Crippen LogP) is 8.61. The van der Waals surface area contributed by atoms with Crippen molar-refractivity contribution in [2.75, 3.05) is 9.80 Å². The summed E-state index contributed by atoms with van der Waals surface area (Å²) in [6.07, 6.45) is -2.66. The molecule has 6 aromatic carbocycles. The van der Waals surface area contributed by atoms with Crippen molar-refractivity contribution in [3.05, 3.63) is 167 Å². The van der Waals surface area contributed by atoms with E-state index < -0.39 is 24.0 Å². The van der Waals surface area contributed by atoms with Crippen molar-refractivity contribution in [1.82, 2.24) is 0 Å². The van der Waals surface area contributed by atoms with Crippen molar-refractivity contribution in [2.24, 2.45) is 0 Å². The fraction of sp³-hybridized carbons (Fsp3) is 0.182. The molecule has 0 aromatic heterocycles. The molecule has 0 atom stereocenters. The lowest BCUT2D eigenvalue weighted by Crippen LogP contribution is -2.63. The third-order valence-corrected chi connectivity index (χ3v) is 9.85. The maximum Gasteiger partial charge on any atom is 0.121 e. The summed E-state index contributed by atoms with van der Waals surface area (Å²) in [5.41, 5.74) is 10.3. The Balaban J connectivity index is 1.16. The molecule has 1 fully saturated rings. The topological polar surface area (TPSA) is 93.1 Å². The van der Waals surface area contributed by atoms with Gasteiger partial charge in [-0.05, 0) is 111 Å². The molecular formula is C44H40N2O4-2. The van der Waals surface area contributed by atoms with Crippen LogP contribution in [-0.4, -0.2) is 22.4 Å². The van der Waals surface area contributed by atoms with E-state index in [4.69, 9.17) is 0 Å². The van der Waals surface area contributed by atoms with Crippen LogP contribution in [0.1, 0.15) is 45.2 Å². The third kappa shape index (κ3) is 6.20. The lowest BCUT2D eigenvalue weighted by Gasteiger charge is -2.61. The lowest BCUT2D eigenvalue weighted by molar-refractivity contribution is -0.536. The molecular weight excluding hydrogens is 620 g/mol. The van der Waals surface area contributed by atoms with Crippen LogP contribution >= 0.6 is 0 Å². The highest BCUT2D eigenvalue weighted by atomic mass is 16.3. The normalized spacial score (nSPS) is 18.4. The molecule has 2 N–H and O–H groups in total. The van der Waals surface area contributed by atoms with Crippen LogP contribution in [0.5, 0.6) is 11.5 Å². The molecule has 1 aliphatic carbocycles. The van der Waals surface area contributed by atoms with E-state index in [1.165, 1.54) is 0 Å². The lowest BCUT2D eigenvalue weighted by atomic mass is 9.63. The number of hydrogen-bond acceptors (Lipinski definition) is 6. The molecule has 7 rings (SSSR count). The number of nitrogens with zero attached hydrogens (tertiary/aromatic N) is 2. The van der Waals surface area contributed by atoms with E-state index in [2.05, 4.69) is 0 Å². The van der Waals surface area contributed by atoms with Gasteiger partial charge in [0, 0.05) is 46.3 Å². The molecule has 1 aliphatic rings. The maximum absolute atomic E-state index is 13.8. The summed E-state index contributed by atoms with van der Waals surface area (Å²) in [6, 6.07) is 42.8. The van der Waals surface area contributed by atoms with Crippen LogP contribution in [-0.2, 0) is 0 Å². The molecule has 50 heavy (non-hydrogen) atoms. The van der Waals surface area contributed by atoms with E-state index in [1.54, 1.807) is 24.3 Å². The minimum absolute atomic E-state index is 0.0942. The summed E-state index contributed by atoms with van der Waals surface area (Å²) in [5, 5.41) is 50.1. The molecule has 0 spiro atoms. The van der Waals surface area contributed by atoms with E-state index in [0.717, 1.165) is 45.0 Å². The van der Waals surface area contributed by atoms with Crippen LogP contribution in [0.3, 0.4) is 0 Å². The standard InChI is InChI=1S/C44H40N2O4/c1-27-5-13-31(14-6-27)45(32-15-7-28(2)8-16-32)35-21-23-37(39(47)25-35)41-43(49)42(44(41)50)38-24-22-36(26-40(38)48)46(33-17-9-29(3)10-18-33)34-19-11-30(4)12-20-34/h5-26,41-44,47-48H,1-4H3/q-2. The summed E-state index contributed by atoms with van der Waals surface area (Å²) >= 11 is 0. The van der Waals surface area contributed by atoms with E-state index in [1.807, 2.05) is 147 Å². The van der Waals surface area contributed by atoms with Gasteiger partial charge in [-0.1, -0.05) is 82.9 Å². The summed E-state index contributed by atoms with van der Waals surface area (Å²) in [7, 11) is 0. The number of anilines is 6. The number of benzene rings is 6. The predicted molar refractivity (Wildman–Crippen MR) is 198 cm³/mol. The monoisotopic (exact) mass is 660 g/mol. The molecule has 6 nitrogen and oxygen atoms in total. The number of aromatic hydroxyl groups is 2. The van der Waals surface area contributed by atoms with Gasteiger partial charge in [-0.3, -0.25) is 0 Å². The van der Waals surface area contributed by atoms with Crippen molar-refractivity contribution in [3.63, 3.8) is 0 Å². The summed E-state index contributed by atoms with van der Waals surface area (Å²) in [5.74, 6) is -2.08. The molecule has 0 saturated heterocycles. The minimum atomic E-state index is -1.33. The summed E-state index contributed by atoms with van der Waals surface area (Å²) in [4.78, 5) is 4.07. The Hall–Kier alpha value is -5.56. The molecule has 0 aliphatic heterocycles. The van der Waals surface area contributed by atoms with E-state index in [9.17, 15) is 20.4 Å². The molecule has 6 heteroatoms. The largest absolute Gasteiger partial charge is 0.851 e. The second kappa shape index (κ2) is 13.4. The van der Waals surface area contributed by atoms with Crippen LogP contribution in [0, 0.1) is 27.7 Å². The molecule has 0 radical (unpaired) electrons.